The smallest absolute Gasteiger partial charge is 0.228 e. The SMILES string of the molecule is NCC(C(=O)NCC1CCCCC1O)c1ccccc1. The Labute approximate surface area is 120 Å². The van der Waals surface area contributed by atoms with E-state index in [2.05, 4.69) is 5.32 Å². The Balaban J connectivity index is 1.89. The third kappa shape index (κ3) is 3.81. The summed E-state index contributed by atoms with van der Waals surface area (Å²) < 4.78 is 0. The normalized spacial score (nSPS) is 24.1. The van der Waals surface area contributed by atoms with Crippen molar-refractivity contribution in [2.75, 3.05) is 13.1 Å². The van der Waals surface area contributed by atoms with Crippen molar-refractivity contribution in [2.45, 2.75) is 37.7 Å². The maximum absolute atomic E-state index is 12.3. The summed E-state index contributed by atoms with van der Waals surface area (Å²) in [6.45, 7) is 0.840. The zero-order valence-corrected chi connectivity index (χ0v) is 11.8. The number of hydrogen-bond donors (Lipinski definition) is 3. The highest BCUT2D eigenvalue weighted by molar-refractivity contribution is 5.83. The van der Waals surface area contributed by atoms with Crippen molar-refractivity contribution < 1.29 is 9.90 Å². The Morgan fingerprint density at radius 1 is 1.30 bits per heavy atom. The molecule has 2 rings (SSSR count). The number of carbonyl (C=O) groups is 1. The van der Waals surface area contributed by atoms with Gasteiger partial charge in [-0.05, 0) is 18.4 Å². The van der Waals surface area contributed by atoms with Gasteiger partial charge in [-0.25, -0.2) is 0 Å². The monoisotopic (exact) mass is 276 g/mol. The van der Waals surface area contributed by atoms with Gasteiger partial charge in [0.1, 0.15) is 0 Å². The second kappa shape index (κ2) is 7.41. The standard InChI is InChI=1S/C16H24N2O2/c17-10-14(12-6-2-1-3-7-12)16(20)18-11-13-8-4-5-9-15(13)19/h1-3,6-7,13-15,19H,4-5,8-11,17H2,(H,18,20). The van der Waals surface area contributed by atoms with Gasteiger partial charge in [-0.3, -0.25) is 4.79 Å². The molecule has 0 aromatic heterocycles. The molecule has 1 fully saturated rings. The molecule has 4 nitrogen and oxygen atoms in total. The molecule has 1 aromatic carbocycles. The quantitative estimate of drug-likeness (QED) is 0.761. The average molecular weight is 276 g/mol. The van der Waals surface area contributed by atoms with E-state index in [-0.39, 0.29) is 23.8 Å². The van der Waals surface area contributed by atoms with E-state index >= 15 is 0 Å². The van der Waals surface area contributed by atoms with Crippen LogP contribution in [0.2, 0.25) is 0 Å². The number of nitrogens with one attached hydrogen (secondary N) is 1. The molecule has 1 aliphatic carbocycles. The Bertz CT molecular complexity index is 422. The largest absolute Gasteiger partial charge is 0.393 e. The molecule has 4 heteroatoms. The molecule has 0 radical (unpaired) electrons. The number of nitrogens with two attached hydrogens (primary N) is 1. The molecule has 1 aliphatic rings. The first-order valence-electron chi connectivity index (χ1n) is 7.43. The molecule has 0 bridgehead atoms. The number of hydrogen-bond acceptors (Lipinski definition) is 3. The second-order valence-corrected chi connectivity index (χ2v) is 5.56. The lowest BCUT2D eigenvalue weighted by Gasteiger charge is -2.28. The summed E-state index contributed by atoms with van der Waals surface area (Å²) >= 11 is 0. The number of aliphatic hydroxyl groups is 1. The van der Waals surface area contributed by atoms with Crippen LogP contribution in [0.25, 0.3) is 0 Å². The van der Waals surface area contributed by atoms with Crippen molar-refractivity contribution in [1.29, 1.82) is 0 Å². The first kappa shape index (κ1) is 15.0. The molecule has 0 aliphatic heterocycles. The fraction of sp³-hybridized carbons (Fsp3) is 0.562. The van der Waals surface area contributed by atoms with E-state index in [9.17, 15) is 9.90 Å². The van der Waals surface area contributed by atoms with Crippen molar-refractivity contribution in [3.63, 3.8) is 0 Å². The van der Waals surface area contributed by atoms with Crippen LogP contribution in [-0.2, 0) is 4.79 Å². The predicted octanol–water partition coefficient (Wildman–Crippen LogP) is 1.40. The Morgan fingerprint density at radius 3 is 2.65 bits per heavy atom. The predicted molar refractivity (Wildman–Crippen MR) is 79.2 cm³/mol. The number of rotatable bonds is 5. The van der Waals surface area contributed by atoms with Gasteiger partial charge in [-0.1, -0.05) is 43.2 Å². The first-order chi connectivity index (χ1) is 9.72. The maximum atomic E-state index is 12.3. The summed E-state index contributed by atoms with van der Waals surface area (Å²) in [5.41, 5.74) is 6.67. The molecule has 3 atom stereocenters. The highest BCUT2D eigenvalue weighted by atomic mass is 16.3. The van der Waals surface area contributed by atoms with Crippen LogP contribution in [0.3, 0.4) is 0 Å². The maximum Gasteiger partial charge on any atom is 0.228 e. The fourth-order valence-corrected chi connectivity index (χ4v) is 2.86. The summed E-state index contributed by atoms with van der Waals surface area (Å²) in [4.78, 5) is 12.3. The van der Waals surface area contributed by atoms with Gasteiger partial charge in [-0.15, -0.1) is 0 Å². The van der Waals surface area contributed by atoms with Gasteiger partial charge < -0.3 is 16.2 Å². The Kier molecular flexibility index (Phi) is 5.56. The van der Waals surface area contributed by atoms with Crippen molar-refractivity contribution in [3.8, 4) is 0 Å². The molecule has 110 valence electrons. The van der Waals surface area contributed by atoms with Gasteiger partial charge in [0, 0.05) is 19.0 Å². The van der Waals surface area contributed by atoms with Gasteiger partial charge in [0.15, 0.2) is 0 Å². The Hall–Kier alpha value is -1.39. The Morgan fingerprint density at radius 2 is 2.00 bits per heavy atom. The van der Waals surface area contributed by atoms with E-state index in [0.29, 0.717) is 13.1 Å². The molecule has 1 saturated carbocycles. The molecule has 1 aromatic rings. The van der Waals surface area contributed by atoms with E-state index in [1.54, 1.807) is 0 Å². The topological polar surface area (TPSA) is 75.4 Å². The summed E-state index contributed by atoms with van der Waals surface area (Å²) in [6, 6.07) is 9.60. The van der Waals surface area contributed by atoms with Crippen LogP contribution < -0.4 is 11.1 Å². The van der Waals surface area contributed by atoms with Crippen LogP contribution in [0, 0.1) is 5.92 Å². The summed E-state index contributed by atoms with van der Waals surface area (Å²) in [7, 11) is 0. The highest BCUT2D eigenvalue weighted by Crippen LogP contribution is 2.24. The van der Waals surface area contributed by atoms with E-state index in [1.807, 2.05) is 30.3 Å². The number of amides is 1. The summed E-state index contributed by atoms with van der Waals surface area (Å²) in [5.74, 6) is -0.171. The third-order valence-electron chi connectivity index (χ3n) is 4.16. The molecule has 20 heavy (non-hydrogen) atoms. The van der Waals surface area contributed by atoms with Gasteiger partial charge in [0.05, 0.1) is 12.0 Å². The molecule has 3 unspecified atom stereocenters. The molecule has 0 spiro atoms. The number of benzene rings is 1. The van der Waals surface area contributed by atoms with Crippen molar-refractivity contribution in [2.24, 2.45) is 11.7 Å². The second-order valence-electron chi connectivity index (χ2n) is 5.56. The zero-order valence-electron chi connectivity index (χ0n) is 11.8. The molecular formula is C16H24N2O2. The van der Waals surface area contributed by atoms with Gasteiger partial charge in [0.2, 0.25) is 5.91 Å². The van der Waals surface area contributed by atoms with Gasteiger partial charge >= 0.3 is 0 Å². The van der Waals surface area contributed by atoms with E-state index in [1.165, 1.54) is 0 Å². The lowest BCUT2D eigenvalue weighted by molar-refractivity contribution is -0.122. The zero-order chi connectivity index (χ0) is 14.4. The average Bonchev–Trinajstić information content (AvgIpc) is 2.48. The number of aliphatic hydroxyl groups excluding tert-OH is 1. The number of carbonyl (C=O) groups excluding carboxylic acids is 1. The lowest BCUT2D eigenvalue weighted by atomic mass is 9.86. The molecule has 0 saturated heterocycles. The molecule has 0 heterocycles. The molecule has 4 N–H and O–H groups in total. The first-order valence-corrected chi connectivity index (χ1v) is 7.43. The molecular weight excluding hydrogens is 252 g/mol. The minimum atomic E-state index is -0.308. The van der Waals surface area contributed by atoms with E-state index in [4.69, 9.17) is 5.73 Å². The molecule has 1 amide bonds. The van der Waals surface area contributed by atoms with Crippen LogP contribution in [0.4, 0.5) is 0 Å². The van der Waals surface area contributed by atoms with Crippen LogP contribution in [0.15, 0.2) is 30.3 Å². The van der Waals surface area contributed by atoms with Crippen LogP contribution in [0.1, 0.15) is 37.2 Å². The van der Waals surface area contributed by atoms with E-state index in [0.717, 1.165) is 31.2 Å². The van der Waals surface area contributed by atoms with Gasteiger partial charge in [-0.2, -0.15) is 0 Å². The van der Waals surface area contributed by atoms with Crippen molar-refractivity contribution in [3.05, 3.63) is 35.9 Å². The fourth-order valence-electron chi connectivity index (χ4n) is 2.86. The van der Waals surface area contributed by atoms with Crippen LogP contribution in [-0.4, -0.2) is 30.2 Å². The van der Waals surface area contributed by atoms with E-state index < -0.39 is 0 Å². The van der Waals surface area contributed by atoms with Crippen LogP contribution in [0.5, 0.6) is 0 Å². The minimum Gasteiger partial charge on any atom is -0.393 e. The van der Waals surface area contributed by atoms with Crippen molar-refractivity contribution in [1.82, 2.24) is 5.32 Å². The minimum absolute atomic E-state index is 0.0449. The summed E-state index contributed by atoms with van der Waals surface area (Å²) in [6.07, 6.45) is 3.77. The van der Waals surface area contributed by atoms with Crippen molar-refractivity contribution >= 4 is 5.91 Å². The van der Waals surface area contributed by atoms with Gasteiger partial charge in [0.25, 0.3) is 0 Å². The lowest BCUT2D eigenvalue weighted by Crippen LogP contribution is -2.40. The summed E-state index contributed by atoms with van der Waals surface area (Å²) in [5, 5.41) is 12.9. The highest BCUT2D eigenvalue weighted by Gasteiger charge is 2.25. The third-order valence-corrected chi connectivity index (χ3v) is 4.16. The van der Waals surface area contributed by atoms with Crippen LogP contribution >= 0.6 is 0 Å².